The second kappa shape index (κ2) is 7.21. The Kier molecular flexibility index (Phi) is 5.30. The standard InChI is InChI=1S/C14H20N4S/c1-3-16-14-17-9-13(19-14)11-18(4-2)10-12-5-7-15-8-6-12/h5-9H,3-4,10-11H2,1-2H3,(H,16,17). The minimum atomic E-state index is 0.918. The van der Waals surface area contributed by atoms with Crippen LogP contribution in [-0.4, -0.2) is 28.0 Å². The number of rotatable bonds is 7. The predicted molar refractivity (Wildman–Crippen MR) is 80.3 cm³/mol. The van der Waals surface area contributed by atoms with Crippen molar-refractivity contribution in [2.75, 3.05) is 18.4 Å². The fourth-order valence-corrected chi connectivity index (χ4v) is 2.78. The van der Waals surface area contributed by atoms with Gasteiger partial charge in [-0.15, -0.1) is 11.3 Å². The van der Waals surface area contributed by atoms with Crippen molar-refractivity contribution >= 4 is 16.5 Å². The molecule has 0 amide bonds. The molecule has 0 radical (unpaired) electrons. The summed E-state index contributed by atoms with van der Waals surface area (Å²) in [5.74, 6) is 0. The molecule has 0 unspecified atom stereocenters. The van der Waals surface area contributed by atoms with Crippen molar-refractivity contribution in [3.05, 3.63) is 41.2 Å². The third-order valence-corrected chi connectivity index (χ3v) is 3.80. The number of nitrogens with one attached hydrogen (secondary N) is 1. The van der Waals surface area contributed by atoms with Gasteiger partial charge >= 0.3 is 0 Å². The highest BCUT2D eigenvalue weighted by Gasteiger charge is 2.07. The van der Waals surface area contributed by atoms with E-state index in [1.807, 2.05) is 18.6 Å². The quantitative estimate of drug-likeness (QED) is 0.844. The summed E-state index contributed by atoms with van der Waals surface area (Å²) in [7, 11) is 0. The van der Waals surface area contributed by atoms with Crippen LogP contribution in [0.4, 0.5) is 5.13 Å². The van der Waals surface area contributed by atoms with Crippen LogP contribution in [0.25, 0.3) is 0 Å². The van der Waals surface area contributed by atoms with Gasteiger partial charge < -0.3 is 5.32 Å². The van der Waals surface area contributed by atoms with E-state index >= 15 is 0 Å². The first kappa shape index (κ1) is 14.0. The van der Waals surface area contributed by atoms with Crippen molar-refractivity contribution in [3.8, 4) is 0 Å². The Labute approximate surface area is 118 Å². The second-order valence-corrected chi connectivity index (χ2v) is 5.44. The van der Waals surface area contributed by atoms with Crippen LogP contribution >= 0.6 is 11.3 Å². The lowest BCUT2D eigenvalue weighted by Gasteiger charge is -2.19. The molecule has 0 aliphatic heterocycles. The van der Waals surface area contributed by atoms with Crippen molar-refractivity contribution in [1.29, 1.82) is 0 Å². The summed E-state index contributed by atoms with van der Waals surface area (Å²) in [6.07, 6.45) is 5.66. The van der Waals surface area contributed by atoms with Gasteiger partial charge in [-0.05, 0) is 31.2 Å². The number of pyridine rings is 1. The average Bonchev–Trinajstić information content (AvgIpc) is 2.87. The Hall–Kier alpha value is -1.46. The maximum Gasteiger partial charge on any atom is 0.182 e. The predicted octanol–water partition coefficient (Wildman–Crippen LogP) is 2.99. The molecule has 0 fully saturated rings. The lowest BCUT2D eigenvalue weighted by molar-refractivity contribution is 0.273. The maximum absolute atomic E-state index is 4.37. The number of hydrogen-bond donors (Lipinski definition) is 1. The lowest BCUT2D eigenvalue weighted by Crippen LogP contribution is -2.21. The first-order valence-corrected chi connectivity index (χ1v) is 7.43. The molecular weight excluding hydrogens is 256 g/mol. The second-order valence-electron chi connectivity index (χ2n) is 4.32. The first-order chi connectivity index (χ1) is 9.31. The van der Waals surface area contributed by atoms with Crippen LogP contribution in [-0.2, 0) is 13.1 Å². The van der Waals surface area contributed by atoms with Gasteiger partial charge in [0.1, 0.15) is 0 Å². The van der Waals surface area contributed by atoms with Crippen LogP contribution in [0.15, 0.2) is 30.7 Å². The zero-order chi connectivity index (χ0) is 13.5. The molecule has 0 saturated heterocycles. The summed E-state index contributed by atoms with van der Waals surface area (Å²) < 4.78 is 0. The van der Waals surface area contributed by atoms with E-state index in [9.17, 15) is 0 Å². The van der Waals surface area contributed by atoms with Crippen LogP contribution in [0.1, 0.15) is 24.3 Å². The van der Waals surface area contributed by atoms with Gasteiger partial charge in [0.05, 0.1) is 0 Å². The third kappa shape index (κ3) is 4.29. The van der Waals surface area contributed by atoms with Crippen molar-refractivity contribution in [2.24, 2.45) is 0 Å². The summed E-state index contributed by atoms with van der Waals surface area (Å²) in [6.45, 7) is 8.11. The molecule has 102 valence electrons. The van der Waals surface area contributed by atoms with Crippen LogP contribution in [0.3, 0.4) is 0 Å². The Morgan fingerprint density at radius 3 is 2.68 bits per heavy atom. The van der Waals surface area contributed by atoms with Crippen molar-refractivity contribution in [2.45, 2.75) is 26.9 Å². The van der Waals surface area contributed by atoms with Crippen LogP contribution < -0.4 is 5.32 Å². The maximum atomic E-state index is 4.37. The van der Waals surface area contributed by atoms with E-state index < -0.39 is 0 Å². The highest BCUT2D eigenvalue weighted by atomic mass is 32.1. The zero-order valence-electron chi connectivity index (χ0n) is 11.5. The van der Waals surface area contributed by atoms with E-state index in [1.54, 1.807) is 11.3 Å². The molecule has 0 spiro atoms. The molecular formula is C14H20N4S. The monoisotopic (exact) mass is 276 g/mol. The Morgan fingerprint density at radius 2 is 2.00 bits per heavy atom. The Bertz CT molecular complexity index is 483. The molecule has 0 saturated carbocycles. The van der Waals surface area contributed by atoms with Gasteiger partial charge in [-0.25, -0.2) is 4.98 Å². The van der Waals surface area contributed by atoms with Gasteiger partial charge in [0.25, 0.3) is 0 Å². The fourth-order valence-electron chi connectivity index (χ4n) is 1.86. The summed E-state index contributed by atoms with van der Waals surface area (Å²) >= 11 is 1.74. The highest BCUT2D eigenvalue weighted by molar-refractivity contribution is 7.15. The Balaban J connectivity index is 1.94. The third-order valence-electron chi connectivity index (χ3n) is 2.86. The van der Waals surface area contributed by atoms with Crippen LogP contribution in [0.5, 0.6) is 0 Å². The summed E-state index contributed by atoms with van der Waals surface area (Å²) in [5.41, 5.74) is 1.30. The van der Waals surface area contributed by atoms with Gasteiger partial charge in [0.15, 0.2) is 5.13 Å². The molecule has 2 aromatic rings. The van der Waals surface area contributed by atoms with Gasteiger partial charge in [-0.1, -0.05) is 6.92 Å². The van der Waals surface area contributed by atoms with Gasteiger partial charge in [-0.2, -0.15) is 0 Å². The van der Waals surface area contributed by atoms with E-state index in [0.717, 1.165) is 31.3 Å². The molecule has 1 N–H and O–H groups in total. The van der Waals surface area contributed by atoms with Gasteiger partial charge in [0, 0.05) is 43.1 Å². The van der Waals surface area contributed by atoms with Gasteiger partial charge in [0.2, 0.25) is 0 Å². The van der Waals surface area contributed by atoms with E-state index in [2.05, 4.69) is 46.2 Å². The molecule has 2 rings (SSSR count). The Morgan fingerprint density at radius 1 is 1.21 bits per heavy atom. The normalized spacial score (nSPS) is 10.9. The average molecular weight is 276 g/mol. The molecule has 19 heavy (non-hydrogen) atoms. The molecule has 0 aliphatic rings. The first-order valence-electron chi connectivity index (χ1n) is 6.61. The fraction of sp³-hybridized carbons (Fsp3) is 0.429. The number of aromatic nitrogens is 2. The highest BCUT2D eigenvalue weighted by Crippen LogP contribution is 2.20. The largest absolute Gasteiger partial charge is 0.362 e. The molecule has 4 nitrogen and oxygen atoms in total. The number of anilines is 1. The van der Waals surface area contributed by atoms with E-state index in [1.165, 1.54) is 10.4 Å². The molecule has 0 atom stereocenters. The summed E-state index contributed by atoms with van der Waals surface area (Å²) in [6, 6.07) is 4.14. The molecule has 2 aromatic heterocycles. The molecule has 0 aromatic carbocycles. The van der Waals surface area contributed by atoms with E-state index in [4.69, 9.17) is 0 Å². The van der Waals surface area contributed by atoms with Crippen LogP contribution in [0.2, 0.25) is 0 Å². The van der Waals surface area contributed by atoms with Crippen molar-refractivity contribution < 1.29 is 0 Å². The van der Waals surface area contributed by atoms with E-state index in [-0.39, 0.29) is 0 Å². The SMILES string of the molecule is CCNc1ncc(CN(CC)Cc2ccncc2)s1. The molecule has 0 bridgehead atoms. The number of nitrogens with zero attached hydrogens (tertiary/aromatic N) is 3. The van der Waals surface area contributed by atoms with Gasteiger partial charge in [-0.3, -0.25) is 9.88 Å². The van der Waals surface area contributed by atoms with E-state index in [0.29, 0.717) is 0 Å². The smallest absolute Gasteiger partial charge is 0.182 e. The van der Waals surface area contributed by atoms with Crippen molar-refractivity contribution in [1.82, 2.24) is 14.9 Å². The summed E-state index contributed by atoms with van der Waals surface area (Å²) in [4.78, 5) is 12.1. The lowest BCUT2D eigenvalue weighted by atomic mass is 10.2. The van der Waals surface area contributed by atoms with Crippen LogP contribution in [0, 0.1) is 0 Å². The topological polar surface area (TPSA) is 41.1 Å². The molecule has 2 heterocycles. The molecule has 5 heteroatoms. The minimum Gasteiger partial charge on any atom is -0.362 e. The molecule has 0 aliphatic carbocycles. The minimum absolute atomic E-state index is 0.918. The zero-order valence-corrected chi connectivity index (χ0v) is 12.3. The van der Waals surface area contributed by atoms with Crippen molar-refractivity contribution in [3.63, 3.8) is 0 Å². The summed E-state index contributed by atoms with van der Waals surface area (Å²) in [5, 5.41) is 4.26. The number of hydrogen-bond acceptors (Lipinski definition) is 5. The number of thiazole rings is 1.